The zero-order valence-corrected chi connectivity index (χ0v) is 11.1. The molecule has 0 aliphatic carbocycles. The Kier molecular flexibility index (Phi) is 4.33. The predicted molar refractivity (Wildman–Crippen MR) is 69.5 cm³/mol. The fourth-order valence-electron chi connectivity index (χ4n) is 1.20. The molecule has 18 heavy (non-hydrogen) atoms. The van der Waals surface area contributed by atoms with Crippen LogP contribution in [0.25, 0.3) is 0 Å². The van der Waals surface area contributed by atoms with Gasteiger partial charge >= 0.3 is 0 Å². The predicted octanol–water partition coefficient (Wildman–Crippen LogP) is 3.25. The maximum absolute atomic E-state index is 13.6. The molecule has 0 bridgehead atoms. The first kappa shape index (κ1) is 13.0. The fraction of sp³-hybridized carbons (Fsp3) is 0.182. The lowest BCUT2D eigenvalue weighted by atomic mass is 10.5. The van der Waals surface area contributed by atoms with Crippen LogP contribution in [-0.2, 0) is 0 Å². The van der Waals surface area contributed by atoms with E-state index in [9.17, 15) is 4.39 Å². The molecule has 2 aromatic heterocycles. The van der Waals surface area contributed by atoms with Crippen molar-refractivity contribution < 1.29 is 4.39 Å². The van der Waals surface area contributed by atoms with Gasteiger partial charge in [-0.05, 0) is 30.8 Å². The molecule has 0 saturated carbocycles. The van der Waals surface area contributed by atoms with Gasteiger partial charge in [-0.2, -0.15) is 0 Å². The number of hydrogen-bond acceptors (Lipinski definition) is 5. The van der Waals surface area contributed by atoms with Gasteiger partial charge in [0, 0.05) is 12.7 Å². The lowest BCUT2D eigenvalue weighted by Gasteiger charge is -2.05. The second-order valence-electron chi connectivity index (χ2n) is 3.27. The number of rotatable bonds is 4. The SMILES string of the molecule is CCNc1ncc(F)c(Sc2ncccc2Cl)n1. The Morgan fingerprint density at radius 1 is 1.39 bits per heavy atom. The van der Waals surface area contributed by atoms with Crippen LogP contribution in [0.4, 0.5) is 10.3 Å². The van der Waals surface area contributed by atoms with Gasteiger partial charge in [0.1, 0.15) is 10.1 Å². The molecule has 0 aliphatic heterocycles. The second-order valence-corrected chi connectivity index (χ2v) is 4.65. The van der Waals surface area contributed by atoms with Crippen molar-refractivity contribution in [2.45, 2.75) is 17.0 Å². The fourth-order valence-corrected chi connectivity index (χ4v) is 2.19. The van der Waals surface area contributed by atoms with Gasteiger partial charge in [-0.1, -0.05) is 11.6 Å². The molecule has 0 spiro atoms. The van der Waals surface area contributed by atoms with Crippen molar-refractivity contribution in [3.8, 4) is 0 Å². The summed E-state index contributed by atoms with van der Waals surface area (Å²) >= 11 is 7.03. The molecule has 0 radical (unpaired) electrons. The van der Waals surface area contributed by atoms with E-state index < -0.39 is 5.82 Å². The van der Waals surface area contributed by atoms with Crippen LogP contribution in [-0.4, -0.2) is 21.5 Å². The number of hydrogen-bond donors (Lipinski definition) is 1. The highest BCUT2D eigenvalue weighted by Gasteiger charge is 2.11. The van der Waals surface area contributed by atoms with Crippen LogP contribution in [0.3, 0.4) is 0 Å². The lowest BCUT2D eigenvalue weighted by molar-refractivity contribution is 0.580. The number of halogens is 2. The molecule has 94 valence electrons. The molecule has 0 aliphatic rings. The minimum absolute atomic E-state index is 0.196. The molecular weight excluding hydrogens is 275 g/mol. The minimum atomic E-state index is -0.497. The van der Waals surface area contributed by atoms with E-state index in [0.29, 0.717) is 22.5 Å². The van der Waals surface area contributed by atoms with E-state index in [4.69, 9.17) is 11.6 Å². The zero-order valence-electron chi connectivity index (χ0n) is 9.52. The number of nitrogens with one attached hydrogen (secondary N) is 1. The highest BCUT2D eigenvalue weighted by molar-refractivity contribution is 7.99. The van der Waals surface area contributed by atoms with Gasteiger partial charge in [-0.15, -0.1) is 0 Å². The van der Waals surface area contributed by atoms with Crippen molar-refractivity contribution in [1.29, 1.82) is 0 Å². The number of pyridine rings is 1. The van der Waals surface area contributed by atoms with Gasteiger partial charge in [0.2, 0.25) is 5.95 Å². The van der Waals surface area contributed by atoms with Crippen molar-refractivity contribution >= 4 is 29.3 Å². The van der Waals surface area contributed by atoms with Gasteiger partial charge in [-0.25, -0.2) is 19.3 Å². The third-order valence-corrected chi connectivity index (χ3v) is 3.38. The van der Waals surface area contributed by atoms with Gasteiger partial charge in [-0.3, -0.25) is 0 Å². The number of nitrogens with zero attached hydrogens (tertiary/aromatic N) is 3. The summed E-state index contributed by atoms with van der Waals surface area (Å²) < 4.78 is 13.6. The molecule has 0 atom stereocenters. The first-order valence-electron chi connectivity index (χ1n) is 5.25. The highest BCUT2D eigenvalue weighted by atomic mass is 35.5. The van der Waals surface area contributed by atoms with Crippen LogP contribution in [0, 0.1) is 5.82 Å². The second kappa shape index (κ2) is 5.97. The van der Waals surface area contributed by atoms with Gasteiger partial charge in [0.15, 0.2) is 5.82 Å². The maximum atomic E-state index is 13.6. The molecule has 0 unspecified atom stereocenters. The van der Waals surface area contributed by atoms with Crippen LogP contribution < -0.4 is 5.32 Å². The molecule has 2 heterocycles. The Bertz CT molecular complexity index is 552. The van der Waals surface area contributed by atoms with E-state index >= 15 is 0 Å². The summed E-state index contributed by atoms with van der Waals surface area (Å²) in [4.78, 5) is 12.0. The van der Waals surface area contributed by atoms with E-state index in [0.717, 1.165) is 18.0 Å². The molecule has 2 rings (SSSR count). The Morgan fingerprint density at radius 2 is 2.22 bits per heavy atom. The van der Waals surface area contributed by atoms with Crippen LogP contribution in [0.15, 0.2) is 34.6 Å². The van der Waals surface area contributed by atoms with Crippen molar-refractivity contribution in [1.82, 2.24) is 15.0 Å². The summed E-state index contributed by atoms with van der Waals surface area (Å²) in [6.07, 6.45) is 2.72. The van der Waals surface area contributed by atoms with Gasteiger partial charge in [0.05, 0.1) is 11.2 Å². The average Bonchev–Trinajstić information content (AvgIpc) is 2.36. The van der Waals surface area contributed by atoms with Crippen LogP contribution in [0.5, 0.6) is 0 Å². The number of anilines is 1. The highest BCUT2D eigenvalue weighted by Crippen LogP contribution is 2.31. The van der Waals surface area contributed by atoms with Crippen LogP contribution >= 0.6 is 23.4 Å². The maximum Gasteiger partial charge on any atom is 0.223 e. The molecule has 4 nitrogen and oxygen atoms in total. The minimum Gasteiger partial charge on any atom is -0.354 e. The molecule has 0 amide bonds. The van der Waals surface area contributed by atoms with E-state index in [1.165, 1.54) is 0 Å². The molecule has 0 saturated heterocycles. The standard InChI is InChI=1S/C11H10ClFN4S/c1-2-14-11-16-6-8(13)10(17-11)18-9-7(12)4-3-5-15-9/h3-6H,2H2,1H3,(H,14,16,17). The normalized spacial score (nSPS) is 10.4. The van der Waals surface area contributed by atoms with Crippen LogP contribution in [0.2, 0.25) is 5.02 Å². The molecule has 1 N–H and O–H groups in total. The van der Waals surface area contributed by atoms with Crippen molar-refractivity contribution in [2.24, 2.45) is 0 Å². The van der Waals surface area contributed by atoms with E-state index in [-0.39, 0.29) is 5.03 Å². The quantitative estimate of drug-likeness (QED) is 0.874. The van der Waals surface area contributed by atoms with E-state index in [1.807, 2.05) is 6.92 Å². The third kappa shape index (κ3) is 3.08. The summed E-state index contributed by atoms with van der Waals surface area (Å²) in [5, 5.41) is 4.09. The smallest absolute Gasteiger partial charge is 0.223 e. The first-order chi connectivity index (χ1) is 8.70. The summed E-state index contributed by atoms with van der Waals surface area (Å²) in [6, 6.07) is 3.41. The first-order valence-corrected chi connectivity index (χ1v) is 6.45. The average molecular weight is 285 g/mol. The Balaban J connectivity index is 2.28. The molecule has 7 heteroatoms. The third-order valence-electron chi connectivity index (χ3n) is 1.96. The summed E-state index contributed by atoms with van der Waals surface area (Å²) in [5.41, 5.74) is 0. The van der Waals surface area contributed by atoms with Crippen molar-refractivity contribution in [3.63, 3.8) is 0 Å². The van der Waals surface area contributed by atoms with Crippen molar-refractivity contribution in [3.05, 3.63) is 35.4 Å². The van der Waals surface area contributed by atoms with E-state index in [2.05, 4.69) is 20.3 Å². The van der Waals surface area contributed by atoms with Gasteiger partial charge < -0.3 is 5.32 Å². The zero-order chi connectivity index (χ0) is 13.0. The Labute approximate surface area is 113 Å². The number of aromatic nitrogens is 3. The van der Waals surface area contributed by atoms with Crippen LogP contribution in [0.1, 0.15) is 6.92 Å². The summed E-state index contributed by atoms with van der Waals surface area (Å²) in [5.74, 6) is -0.114. The Morgan fingerprint density at radius 3 is 2.94 bits per heavy atom. The lowest BCUT2D eigenvalue weighted by Crippen LogP contribution is -2.03. The molecule has 0 fully saturated rings. The molecule has 0 aromatic carbocycles. The van der Waals surface area contributed by atoms with Gasteiger partial charge in [0.25, 0.3) is 0 Å². The summed E-state index contributed by atoms with van der Waals surface area (Å²) in [6.45, 7) is 2.58. The van der Waals surface area contributed by atoms with E-state index in [1.54, 1.807) is 18.3 Å². The molecular formula is C11H10ClFN4S. The summed E-state index contributed by atoms with van der Waals surface area (Å²) in [7, 11) is 0. The monoisotopic (exact) mass is 284 g/mol. The Hall–Kier alpha value is -1.40. The largest absolute Gasteiger partial charge is 0.354 e. The van der Waals surface area contributed by atoms with Crippen molar-refractivity contribution in [2.75, 3.05) is 11.9 Å². The topological polar surface area (TPSA) is 50.7 Å². The molecule has 2 aromatic rings.